The number of likely N-dealkylation sites (N-methyl/N-ethyl adjacent to an activating group) is 1. The van der Waals surface area contributed by atoms with E-state index in [9.17, 15) is 13.2 Å². The molecule has 7 nitrogen and oxygen atoms in total. The highest BCUT2D eigenvalue weighted by molar-refractivity contribution is 7.91. The van der Waals surface area contributed by atoms with E-state index in [0.29, 0.717) is 41.8 Å². The Bertz CT molecular complexity index is 782. The average Bonchev–Trinajstić information content (AvgIpc) is 3.29. The van der Waals surface area contributed by atoms with Gasteiger partial charge in [0.25, 0.3) is 0 Å². The van der Waals surface area contributed by atoms with Gasteiger partial charge in [0.05, 0.1) is 6.54 Å². The fourth-order valence-electron chi connectivity index (χ4n) is 2.69. The highest BCUT2D eigenvalue weighted by Gasteiger charge is 2.26. The molecular formula is C15H20N4O3S3. The van der Waals surface area contributed by atoms with Gasteiger partial charge in [-0.1, -0.05) is 6.07 Å². The zero-order valence-corrected chi connectivity index (χ0v) is 16.2. The monoisotopic (exact) mass is 400 g/mol. The van der Waals surface area contributed by atoms with Crippen LogP contribution < -0.4 is 9.62 Å². The number of anilines is 1. The first-order valence-electron chi connectivity index (χ1n) is 7.90. The minimum absolute atomic E-state index is 0.00688. The zero-order valence-electron chi connectivity index (χ0n) is 13.8. The van der Waals surface area contributed by atoms with Gasteiger partial charge < -0.3 is 0 Å². The van der Waals surface area contributed by atoms with Crippen LogP contribution in [0.15, 0.2) is 33.3 Å². The molecule has 0 radical (unpaired) electrons. The number of hydrogen-bond donors (Lipinski definition) is 1. The second-order valence-electron chi connectivity index (χ2n) is 5.87. The Balaban J connectivity index is 1.48. The summed E-state index contributed by atoms with van der Waals surface area (Å²) in [7, 11) is -1.71. The van der Waals surface area contributed by atoms with Crippen LogP contribution in [0.25, 0.3) is 0 Å². The van der Waals surface area contributed by atoms with E-state index in [4.69, 9.17) is 0 Å². The molecule has 1 fully saturated rings. The SMILES string of the molecule is CN(C(=O)CN1CCC(NS(=O)(=O)c2cccs2)CC1)c1nccs1. The smallest absolute Gasteiger partial charge is 0.250 e. The number of nitrogens with one attached hydrogen (secondary N) is 1. The van der Waals surface area contributed by atoms with Gasteiger partial charge in [-0.15, -0.1) is 22.7 Å². The molecule has 1 saturated heterocycles. The third kappa shape index (κ3) is 4.64. The summed E-state index contributed by atoms with van der Waals surface area (Å²) in [5.74, 6) is -0.00688. The van der Waals surface area contributed by atoms with Crippen molar-refractivity contribution in [3.05, 3.63) is 29.1 Å². The molecule has 1 aliphatic rings. The summed E-state index contributed by atoms with van der Waals surface area (Å²) in [5.41, 5.74) is 0. The first-order valence-corrected chi connectivity index (χ1v) is 11.1. The minimum Gasteiger partial charge on any atom is -0.294 e. The highest BCUT2D eigenvalue weighted by Crippen LogP contribution is 2.19. The Hall–Kier alpha value is -1.33. The van der Waals surface area contributed by atoms with Gasteiger partial charge in [-0.3, -0.25) is 14.6 Å². The standard InChI is InChI=1S/C15H20N4O3S3/c1-18(15-16-6-10-24-15)13(20)11-19-7-4-12(5-8-19)17-25(21,22)14-3-2-9-23-14/h2-3,6,9-10,12,17H,4-5,7-8,11H2,1H3. The lowest BCUT2D eigenvalue weighted by molar-refractivity contribution is -0.119. The Labute approximate surface area is 155 Å². The van der Waals surface area contributed by atoms with Gasteiger partial charge in [0.15, 0.2) is 5.13 Å². The molecule has 136 valence electrons. The minimum atomic E-state index is -3.43. The summed E-state index contributed by atoms with van der Waals surface area (Å²) >= 11 is 2.64. The predicted molar refractivity (Wildman–Crippen MR) is 99.6 cm³/mol. The molecule has 25 heavy (non-hydrogen) atoms. The Morgan fingerprint density at radius 1 is 1.36 bits per heavy atom. The third-order valence-electron chi connectivity index (χ3n) is 4.11. The van der Waals surface area contributed by atoms with Crippen molar-refractivity contribution in [1.82, 2.24) is 14.6 Å². The summed E-state index contributed by atoms with van der Waals surface area (Å²) < 4.78 is 27.6. The first-order chi connectivity index (χ1) is 12.0. The normalized spacial score (nSPS) is 16.8. The summed E-state index contributed by atoms with van der Waals surface area (Å²) in [5, 5.41) is 4.27. The van der Waals surface area contributed by atoms with E-state index < -0.39 is 10.0 Å². The second-order valence-corrected chi connectivity index (χ2v) is 9.63. The van der Waals surface area contributed by atoms with Gasteiger partial charge in [0, 0.05) is 37.8 Å². The molecule has 1 N–H and O–H groups in total. The van der Waals surface area contributed by atoms with Crippen LogP contribution in [0.2, 0.25) is 0 Å². The summed E-state index contributed by atoms with van der Waals surface area (Å²) in [4.78, 5) is 20.1. The van der Waals surface area contributed by atoms with Crippen LogP contribution in [0.5, 0.6) is 0 Å². The molecule has 2 aromatic rings. The number of amides is 1. The van der Waals surface area contributed by atoms with E-state index in [1.807, 2.05) is 5.38 Å². The first kappa shape index (κ1) is 18.5. The highest BCUT2D eigenvalue weighted by atomic mass is 32.2. The van der Waals surface area contributed by atoms with Crippen molar-refractivity contribution in [3.8, 4) is 0 Å². The number of thiazole rings is 1. The zero-order chi connectivity index (χ0) is 17.9. The molecule has 0 spiro atoms. The topological polar surface area (TPSA) is 82.6 Å². The van der Waals surface area contributed by atoms with E-state index in [2.05, 4.69) is 14.6 Å². The molecule has 3 rings (SSSR count). The van der Waals surface area contributed by atoms with E-state index in [1.54, 1.807) is 35.7 Å². The fourth-order valence-corrected chi connectivity index (χ4v) is 5.63. The van der Waals surface area contributed by atoms with Crippen molar-refractivity contribution in [3.63, 3.8) is 0 Å². The van der Waals surface area contributed by atoms with Crippen molar-refractivity contribution in [1.29, 1.82) is 0 Å². The van der Waals surface area contributed by atoms with E-state index >= 15 is 0 Å². The van der Waals surface area contributed by atoms with Crippen LogP contribution in [-0.2, 0) is 14.8 Å². The lowest BCUT2D eigenvalue weighted by Gasteiger charge is -2.32. The lowest BCUT2D eigenvalue weighted by atomic mass is 10.1. The van der Waals surface area contributed by atoms with Crippen LogP contribution in [-0.4, -0.2) is 56.9 Å². The van der Waals surface area contributed by atoms with Gasteiger partial charge in [0.2, 0.25) is 15.9 Å². The Morgan fingerprint density at radius 2 is 2.12 bits per heavy atom. The number of hydrogen-bond acceptors (Lipinski definition) is 7. The Morgan fingerprint density at radius 3 is 2.72 bits per heavy atom. The van der Waals surface area contributed by atoms with Gasteiger partial charge in [-0.05, 0) is 24.3 Å². The molecule has 0 bridgehead atoms. The fraction of sp³-hybridized carbons (Fsp3) is 0.467. The number of rotatable bonds is 6. The quantitative estimate of drug-likeness (QED) is 0.797. The van der Waals surface area contributed by atoms with E-state index in [1.165, 1.54) is 22.7 Å². The number of sulfonamides is 1. The molecular weight excluding hydrogens is 380 g/mol. The Kier molecular flexibility index (Phi) is 5.85. The molecule has 1 amide bonds. The van der Waals surface area contributed by atoms with E-state index in [0.717, 1.165) is 0 Å². The molecule has 3 heterocycles. The van der Waals surface area contributed by atoms with Gasteiger partial charge in [0.1, 0.15) is 4.21 Å². The largest absolute Gasteiger partial charge is 0.294 e. The molecule has 0 aliphatic carbocycles. The summed E-state index contributed by atoms with van der Waals surface area (Å²) in [6.07, 6.45) is 3.06. The van der Waals surface area contributed by atoms with Gasteiger partial charge in [-0.2, -0.15) is 0 Å². The van der Waals surface area contributed by atoms with E-state index in [-0.39, 0.29) is 11.9 Å². The van der Waals surface area contributed by atoms with Crippen LogP contribution in [0.4, 0.5) is 5.13 Å². The number of likely N-dealkylation sites (tertiary alicyclic amines) is 1. The third-order valence-corrected chi connectivity index (χ3v) is 7.87. The van der Waals surface area contributed by atoms with Crippen molar-refractivity contribution in [2.45, 2.75) is 23.1 Å². The van der Waals surface area contributed by atoms with Crippen molar-refractivity contribution >= 4 is 43.7 Å². The maximum absolute atomic E-state index is 12.3. The van der Waals surface area contributed by atoms with Crippen LogP contribution in [0, 0.1) is 0 Å². The number of piperidine rings is 1. The molecule has 10 heteroatoms. The summed E-state index contributed by atoms with van der Waals surface area (Å²) in [6.45, 7) is 1.70. The molecule has 1 aliphatic heterocycles. The van der Waals surface area contributed by atoms with Gasteiger partial charge in [-0.25, -0.2) is 18.1 Å². The van der Waals surface area contributed by atoms with Gasteiger partial charge >= 0.3 is 0 Å². The number of aromatic nitrogens is 1. The van der Waals surface area contributed by atoms with Crippen LogP contribution in [0.3, 0.4) is 0 Å². The molecule has 0 saturated carbocycles. The average molecular weight is 401 g/mol. The van der Waals surface area contributed by atoms with Crippen molar-refractivity contribution < 1.29 is 13.2 Å². The number of carbonyl (C=O) groups excluding carboxylic acids is 1. The number of thiophene rings is 1. The van der Waals surface area contributed by atoms with Crippen LogP contribution >= 0.6 is 22.7 Å². The second kappa shape index (κ2) is 7.92. The van der Waals surface area contributed by atoms with Crippen molar-refractivity contribution in [2.75, 3.05) is 31.6 Å². The molecule has 2 aromatic heterocycles. The maximum atomic E-state index is 12.3. The predicted octanol–water partition coefficient (Wildman–Crippen LogP) is 1.61. The number of nitrogens with zero attached hydrogens (tertiary/aromatic N) is 3. The van der Waals surface area contributed by atoms with Crippen molar-refractivity contribution in [2.24, 2.45) is 0 Å². The summed E-state index contributed by atoms with van der Waals surface area (Å²) in [6, 6.07) is 3.25. The lowest BCUT2D eigenvalue weighted by Crippen LogP contribution is -2.47. The maximum Gasteiger partial charge on any atom is 0.250 e. The molecule has 0 atom stereocenters. The molecule has 0 aromatic carbocycles. The number of carbonyl (C=O) groups is 1. The molecule has 0 unspecified atom stereocenters. The van der Waals surface area contributed by atoms with Crippen LogP contribution in [0.1, 0.15) is 12.8 Å².